The Morgan fingerprint density at radius 2 is 1.88 bits per heavy atom. The lowest BCUT2D eigenvalue weighted by Crippen LogP contribution is -2.37. The summed E-state index contributed by atoms with van der Waals surface area (Å²) in [5.41, 5.74) is -1.54. The normalized spacial score (nSPS) is 13.1. The average Bonchev–Trinajstić information content (AvgIpc) is 2.71. The highest BCUT2D eigenvalue weighted by molar-refractivity contribution is 7.90. The summed E-state index contributed by atoms with van der Waals surface area (Å²) in [6.45, 7) is -0.733. The van der Waals surface area contributed by atoms with E-state index in [0.29, 0.717) is 11.0 Å². The van der Waals surface area contributed by atoms with Crippen molar-refractivity contribution >= 4 is 29.3 Å². The molecule has 1 heterocycles. The number of pyridine rings is 1. The summed E-state index contributed by atoms with van der Waals surface area (Å²) in [5.74, 6) is 1.22. The third-order valence-corrected chi connectivity index (χ3v) is 5.88. The molecular weight excluding hydrogens is 495 g/mol. The minimum Gasteiger partial charge on any atom is -0.400 e. The largest absolute Gasteiger partial charge is 0.472 e. The van der Waals surface area contributed by atoms with Crippen molar-refractivity contribution in [1.29, 1.82) is 0 Å². The van der Waals surface area contributed by atoms with Crippen LogP contribution in [0.15, 0.2) is 17.3 Å². The molecule has 0 fully saturated rings. The first kappa shape index (κ1) is 31.6. The number of hydrogen-bond donors (Lipinski definition) is 2. The number of quaternary nitrogens is 1. The molecule has 1 atom stereocenters. The van der Waals surface area contributed by atoms with E-state index in [1.165, 1.54) is 0 Å². The zero-order valence-corrected chi connectivity index (χ0v) is 21.3. The van der Waals surface area contributed by atoms with Gasteiger partial charge in [-0.05, 0) is 6.07 Å². The highest BCUT2D eigenvalue weighted by Crippen LogP contribution is 2.42. The Hall–Kier alpha value is -2.44. The minimum atomic E-state index is -4.41. The molecule has 1 aromatic heterocycles. The molecule has 0 aromatic carbocycles. The third kappa shape index (κ3) is 10.7. The molecule has 0 radical (unpaired) electrons. The molecule has 0 spiro atoms. The van der Waals surface area contributed by atoms with E-state index in [2.05, 4.69) is 10.9 Å². The molecule has 0 bridgehead atoms. The zero-order chi connectivity index (χ0) is 26.7. The molecule has 0 aliphatic heterocycles. The number of rotatable bonds is 12. The van der Waals surface area contributed by atoms with Gasteiger partial charge in [-0.15, -0.1) is 6.42 Å². The van der Waals surface area contributed by atoms with Crippen molar-refractivity contribution in [3.8, 4) is 12.3 Å². The number of aromatic nitrogens is 1. The number of phosphoric acid groups is 1. The molecule has 1 unspecified atom stereocenters. The minimum absolute atomic E-state index is 0.0538. The van der Waals surface area contributed by atoms with Crippen LogP contribution in [0.1, 0.15) is 10.4 Å². The van der Waals surface area contributed by atoms with Gasteiger partial charge >= 0.3 is 13.5 Å². The van der Waals surface area contributed by atoms with Gasteiger partial charge in [-0.25, -0.2) is 18.0 Å². The van der Waals surface area contributed by atoms with E-state index in [4.69, 9.17) is 20.6 Å². The van der Waals surface area contributed by atoms with Gasteiger partial charge in [-0.2, -0.15) is 0 Å². The number of hydrogen-bond acceptors (Lipinski definition) is 10. The Morgan fingerprint density at radius 1 is 1.32 bits per heavy atom. The van der Waals surface area contributed by atoms with E-state index >= 15 is 0 Å². The molecule has 16 heteroatoms. The van der Waals surface area contributed by atoms with E-state index in [9.17, 15) is 32.8 Å². The summed E-state index contributed by atoms with van der Waals surface area (Å²) < 4.78 is 45.8. The van der Waals surface area contributed by atoms with Crippen molar-refractivity contribution in [2.75, 3.05) is 67.4 Å². The maximum Gasteiger partial charge on any atom is 0.472 e. The van der Waals surface area contributed by atoms with Crippen LogP contribution < -0.4 is 0 Å². The monoisotopic (exact) mass is 525 g/mol. The zero-order valence-electron chi connectivity index (χ0n) is 19.6. The second-order valence-electron chi connectivity index (χ2n) is 7.62. The molecule has 0 saturated heterocycles. The smallest absolute Gasteiger partial charge is 0.400 e. The number of aliphatic hydroxyl groups is 1. The number of carbonyl (C=O) groups is 1. The SMILES string of the molecule is C#CCN(CCOP(=O)(O)OCC[N+](C)(C)C)C(=O)c1ccnc(S(C)(=O)=O)c1[N+](=O)[O-].CO. The molecule has 0 saturated carbocycles. The summed E-state index contributed by atoms with van der Waals surface area (Å²) >= 11 is 0. The molecule has 0 aliphatic carbocycles. The number of amides is 1. The topological polar surface area (TPSA) is 186 Å². The van der Waals surface area contributed by atoms with Crippen molar-refractivity contribution in [3.63, 3.8) is 0 Å². The van der Waals surface area contributed by atoms with Crippen LogP contribution in [0.25, 0.3) is 0 Å². The van der Waals surface area contributed by atoms with Crippen LogP contribution in [0.5, 0.6) is 0 Å². The fourth-order valence-electron chi connectivity index (χ4n) is 2.32. The molecule has 1 amide bonds. The van der Waals surface area contributed by atoms with Crippen molar-refractivity contribution in [3.05, 3.63) is 27.9 Å². The highest BCUT2D eigenvalue weighted by atomic mass is 32.2. The lowest BCUT2D eigenvalue weighted by atomic mass is 10.2. The van der Waals surface area contributed by atoms with Crippen molar-refractivity contribution < 1.29 is 46.2 Å². The quantitative estimate of drug-likeness (QED) is 0.122. The number of likely N-dealkylation sites (N-methyl/N-ethyl adjacent to an activating group) is 1. The predicted octanol–water partition coefficient (Wildman–Crippen LogP) is -0.0830. The van der Waals surface area contributed by atoms with Gasteiger partial charge in [0, 0.05) is 26.1 Å². The number of phosphoric ester groups is 1. The van der Waals surface area contributed by atoms with Crippen LogP contribution in [0.2, 0.25) is 0 Å². The second kappa shape index (κ2) is 13.4. The van der Waals surface area contributed by atoms with Gasteiger partial charge in [0.15, 0.2) is 9.84 Å². The van der Waals surface area contributed by atoms with E-state index < -0.39 is 51.4 Å². The second-order valence-corrected chi connectivity index (χ2v) is 11.0. The molecule has 1 aromatic rings. The first-order valence-electron chi connectivity index (χ1n) is 9.52. The van der Waals surface area contributed by atoms with Crippen LogP contribution in [0.4, 0.5) is 5.69 Å². The van der Waals surface area contributed by atoms with Gasteiger partial charge in [0.05, 0.1) is 39.2 Å². The fourth-order valence-corrected chi connectivity index (χ4v) is 3.81. The van der Waals surface area contributed by atoms with Gasteiger partial charge in [0.2, 0.25) is 5.03 Å². The molecule has 34 heavy (non-hydrogen) atoms. The van der Waals surface area contributed by atoms with Crippen LogP contribution in [0.3, 0.4) is 0 Å². The maximum absolute atomic E-state index is 12.9. The third-order valence-electron chi connectivity index (χ3n) is 3.86. The Kier molecular flexibility index (Phi) is 12.5. The first-order chi connectivity index (χ1) is 15.6. The lowest BCUT2D eigenvalue weighted by Gasteiger charge is -2.24. The van der Waals surface area contributed by atoms with E-state index in [-0.39, 0.29) is 19.7 Å². The number of nitro groups is 1. The lowest BCUT2D eigenvalue weighted by molar-refractivity contribution is -0.870. The molecule has 14 nitrogen and oxygen atoms in total. The maximum atomic E-state index is 12.9. The van der Waals surface area contributed by atoms with Crippen molar-refractivity contribution in [1.82, 2.24) is 9.88 Å². The summed E-state index contributed by atoms with van der Waals surface area (Å²) in [5, 5.41) is 17.6. The van der Waals surface area contributed by atoms with Gasteiger partial charge in [-0.3, -0.25) is 24.0 Å². The number of aliphatic hydroxyl groups excluding tert-OH is 1. The van der Waals surface area contributed by atoms with Gasteiger partial charge in [0.25, 0.3) is 5.91 Å². The first-order valence-corrected chi connectivity index (χ1v) is 12.9. The summed E-state index contributed by atoms with van der Waals surface area (Å²) in [6.07, 6.45) is 6.92. The Morgan fingerprint density at radius 3 is 2.35 bits per heavy atom. The van der Waals surface area contributed by atoms with Crippen LogP contribution in [-0.4, -0.2) is 111 Å². The summed E-state index contributed by atoms with van der Waals surface area (Å²) in [4.78, 5) is 37.5. The Labute approximate surface area is 198 Å². The summed E-state index contributed by atoms with van der Waals surface area (Å²) in [7, 11) is -1.92. The van der Waals surface area contributed by atoms with Crippen LogP contribution in [-0.2, 0) is 23.4 Å². The molecule has 192 valence electrons. The number of sulfone groups is 1. The average molecular weight is 525 g/mol. The molecular formula is C18H30N4O10PS+. The van der Waals surface area contributed by atoms with Crippen molar-refractivity contribution in [2.45, 2.75) is 5.03 Å². The Balaban J connectivity index is 0.00000529. The number of terminal acetylenes is 1. The van der Waals surface area contributed by atoms with E-state index in [1.807, 2.05) is 21.1 Å². The highest BCUT2D eigenvalue weighted by Gasteiger charge is 2.33. The van der Waals surface area contributed by atoms with E-state index in [0.717, 1.165) is 30.5 Å². The Bertz CT molecular complexity index is 1050. The number of carbonyl (C=O) groups excluding carboxylic acids is 1. The van der Waals surface area contributed by atoms with Gasteiger partial charge < -0.3 is 19.4 Å². The number of nitrogens with zero attached hydrogens (tertiary/aromatic N) is 4. The molecule has 1 rings (SSSR count). The van der Waals surface area contributed by atoms with Gasteiger partial charge in [-0.1, -0.05) is 5.92 Å². The van der Waals surface area contributed by atoms with Crippen LogP contribution >= 0.6 is 7.82 Å². The molecule has 0 aliphatic rings. The molecule has 2 N–H and O–H groups in total. The van der Waals surface area contributed by atoms with E-state index in [1.54, 1.807) is 0 Å². The fraction of sp³-hybridized carbons (Fsp3) is 0.556. The van der Waals surface area contributed by atoms with Gasteiger partial charge in [0.1, 0.15) is 18.7 Å². The van der Waals surface area contributed by atoms with Crippen LogP contribution in [0, 0.1) is 22.5 Å². The predicted molar refractivity (Wildman–Crippen MR) is 122 cm³/mol. The van der Waals surface area contributed by atoms with Crippen molar-refractivity contribution in [2.24, 2.45) is 0 Å². The standard InChI is InChI=1S/C17H25N4O9PS.CH4O/c1-6-9-19(10-12-29-31(25,26)30-13-11-21(2,3)4)17(22)14-7-8-18-16(32(5,27)28)15(14)20(23)24;1-2/h1,7-8H,9-13H2,2-5H3;2H,1H3/p+1. The summed E-state index contributed by atoms with van der Waals surface area (Å²) in [6, 6.07) is 0.990.